The summed E-state index contributed by atoms with van der Waals surface area (Å²) in [5.41, 5.74) is 3.03. The Bertz CT molecular complexity index is 761. The summed E-state index contributed by atoms with van der Waals surface area (Å²) in [6.07, 6.45) is 6.86. The van der Waals surface area contributed by atoms with Crippen molar-refractivity contribution in [3.05, 3.63) is 75.8 Å². The van der Waals surface area contributed by atoms with Crippen molar-refractivity contribution in [1.82, 2.24) is 0 Å². The Balaban J connectivity index is 1.88. The zero-order valence-corrected chi connectivity index (χ0v) is 13.5. The predicted octanol–water partition coefficient (Wildman–Crippen LogP) is 3.78. The van der Waals surface area contributed by atoms with Crippen molar-refractivity contribution in [3.63, 3.8) is 0 Å². The first kappa shape index (κ1) is 17.1. The molecule has 0 bridgehead atoms. The van der Waals surface area contributed by atoms with E-state index in [4.69, 9.17) is 0 Å². The van der Waals surface area contributed by atoms with Crippen LogP contribution in [0.5, 0.6) is 0 Å². The van der Waals surface area contributed by atoms with Gasteiger partial charge in [0.2, 0.25) is 0 Å². The van der Waals surface area contributed by atoms with E-state index in [9.17, 15) is 10.1 Å². The zero-order valence-electron chi connectivity index (χ0n) is 13.5. The predicted molar refractivity (Wildman–Crippen MR) is 99.0 cm³/mol. The quantitative estimate of drug-likeness (QED) is 0.461. The molecule has 0 spiro atoms. The van der Waals surface area contributed by atoms with Gasteiger partial charge in [-0.2, -0.15) is 10.2 Å². The van der Waals surface area contributed by atoms with E-state index < -0.39 is 4.92 Å². The molecule has 0 radical (unpaired) electrons. The van der Waals surface area contributed by atoms with Crippen LogP contribution in [0.15, 0.2) is 64.8 Å². The molecule has 0 amide bonds. The SMILES string of the molecule is CN(C)c1ccc(/C=C/C=N/N=C/c2ccc([N+](=O)[O-])cc2)cc1. The number of nitro benzene ring substituents is 1. The number of anilines is 1. The fourth-order valence-electron chi connectivity index (χ4n) is 1.90. The first-order chi connectivity index (χ1) is 11.6. The smallest absolute Gasteiger partial charge is 0.269 e. The normalized spacial score (nSPS) is 11.6. The van der Waals surface area contributed by atoms with Crippen molar-refractivity contribution in [1.29, 1.82) is 0 Å². The van der Waals surface area contributed by atoms with Crippen molar-refractivity contribution in [2.45, 2.75) is 0 Å². The van der Waals surface area contributed by atoms with Crippen LogP contribution in [-0.4, -0.2) is 31.4 Å². The third-order valence-electron chi connectivity index (χ3n) is 3.23. The Morgan fingerprint density at radius 2 is 1.58 bits per heavy atom. The highest BCUT2D eigenvalue weighted by atomic mass is 16.6. The number of hydrogen-bond donors (Lipinski definition) is 0. The van der Waals surface area contributed by atoms with Crippen LogP contribution in [0.1, 0.15) is 11.1 Å². The van der Waals surface area contributed by atoms with Gasteiger partial charge in [-0.05, 0) is 41.5 Å². The molecule has 0 N–H and O–H groups in total. The maximum atomic E-state index is 10.6. The topological polar surface area (TPSA) is 71.1 Å². The highest BCUT2D eigenvalue weighted by molar-refractivity contribution is 5.82. The van der Waals surface area contributed by atoms with Crippen LogP contribution in [-0.2, 0) is 0 Å². The second-order valence-corrected chi connectivity index (χ2v) is 5.20. The first-order valence-electron chi connectivity index (χ1n) is 7.31. The molecule has 122 valence electrons. The fraction of sp³-hybridized carbons (Fsp3) is 0.111. The molecule has 0 aliphatic carbocycles. The molecule has 0 saturated carbocycles. The highest BCUT2D eigenvalue weighted by Crippen LogP contribution is 2.13. The van der Waals surface area contributed by atoms with E-state index in [0.29, 0.717) is 0 Å². The van der Waals surface area contributed by atoms with Crippen LogP contribution >= 0.6 is 0 Å². The van der Waals surface area contributed by atoms with Crippen molar-refractivity contribution >= 4 is 29.9 Å². The lowest BCUT2D eigenvalue weighted by Crippen LogP contribution is -2.07. The van der Waals surface area contributed by atoms with Gasteiger partial charge < -0.3 is 4.90 Å². The minimum Gasteiger partial charge on any atom is -0.378 e. The van der Waals surface area contributed by atoms with E-state index in [-0.39, 0.29) is 5.69 Å². The van der Waals surface area contributed by atoms with Crippen LogP contribution in [0.4, 0.5) is 11.4 Å². The summed E-state index contributed by atoms with van der Waals surface area (Å²) >= 11 is 0. The van der Waals surface area contributed by atoms with Gasteiger partial charge in [-0.1, -0.05) is 18.2 Å². The summed E-state index contributed by atoms with van der Waals surface area (Å²) in [7, 11) is 4.00. The molecule has 0 saturated heterocycles. The van der Waals surface area contributed by atoms with Gasteiger partial charge in [0.15, 0.2) is 0 Å². The lowest BCUT2D eigenvalue weighted by Gasteiger charge is -2.11. The van der Waals surface area contributed by atoms with Crippen LogP contribution in [0.2, 0.25) is 0 Å². The minimum absolute atomic E-state index is 0.0545. The average molecular weight is 322 g/mol. The van der Waals surface area contributed by atoms with Gasteiger partial charge in [0, 0.05) is 38.1 Å². The largest absolute Gasteiger partial charge is 0.378 e. The van der Waals surface area contributed by atoms with Gasteiger partial charge in [0.1, 0.15) is 0 Å². The molecule has 0 aromatic heterocycles. The third kappa shape index (κ3) is 5.17. The highest BCUT2D eigenvalue weighted by Gasteiger charge is 2.02. The van der Waals surface area contributed by atoms with Gasteiger partial charge >= 0.3 is 0 Å². The first-order valence-corrected chi connectivity index (χ1v) is 7.31. The lowest BCUT2D eigenvalue weighted by atomic mass is 10.2. The molecule has 0 atom stereocenters. The van der Waals surface area contributed by atoms with Crippen molar-refractivity contribution in [2.24, 2.45) is 10.2 Å². The summed E-state index contributed by atoms with van der Waals surface area (Å²) in [5.74, 6) is 0. The summed E-state index contributed by atoms with van der Waals surface area (Å²) < 4.78 is 0. The Kier molecular flexibility index (Phi) is 5.96. The van der Waals surface area contributed by atoms with Crippen molar-refractivity contribution in [2.75, 3.05) is 19.0 Å². The number of allylic oxidation sites excluding steroid dienone is 1. The average Bonchev–Trinajstić information content (AvgIpc) is 2.58. The van der Waals surface area contributed by atoms with Gasteiger partial charge in [-0.15, -0.1) is 0 Å². The van der Waals surface area contributed by atoms with Gasteiger partial charge in [-0.25, -0.2) is 0 Å². The molecular weight excluding hydrogens is 304 g/mol. The monoisotopic (exact) mass is 322 g/mol. The number of rotatable bonds is 6. The van der Waals surface area contributed by atoms with E-state index >= 15 is 0 Å². The van der Waals surface area contributed by atoms with Crippen LogP contribution in [0.25, 0.3) is 6.08 Å². The molecule has 0 unspecified atom stereocenters. The van der Waals surface area contributed by atoms with E-state index in [1.165, 1.54) is 12.1 Å². The summed E-state index contributed by atoms with van der Waals surface area (Å²) in [6, 6.07) is 14.3. The molecular formula is C18H18N4O2. The molecule has 0 heterocycles. The number of nitro groups is 1. The molecule has 0 aliphatic rings. The molecule has 6 nitrogen and oxygen atoms in total. The van der Waals surface area contributed by atoms with E-state index in [1.807, 2.05) is 49.3 Å². The Hall–Kier alpha value is -3.28. The molecule has 0 aliphatic heterocycles. The number of nitrogens with zero attached hydrogens (tertiary/aromatic N) is 4. The lowest BCUT2D eigenvalue weighted by molar-refractivity contribution is -0.384. The number of non-ortho nitro benzene ring substituents is 1. The van der Waals surface area contributed by atoms with E-state index in [0.717, 1.165) is 16.8 Å². The minimum atomic E-state index is -0.436. The number of benzene rings is 2. The van der Waals surface area contributed by atoms with Crippen molar-refractivity contribution < 1.29 is 4.92 Å². The van der Waals surface area contributed by atoms with Crippen molar-refractivity contribution in [3.8, 4) is 0 Å². The standard InChI is InChI=1S/C18H18N4O2/c1-21(2)17-9-5-15(6-10-17)4-3-13-19-20-14-16-7-11-18(12-8-16)22(23)24/h3-14H,1-2H3/b4-3+,19-13+,20-14+. The fourth-order valence-corrected chi connectivity index (χ4v) is 1.90. The summed E-state index contributed by atoms with van der Waals surface area (Å²) in [5, 5.41) is 18.4. The molecule has 0 fully saturated rings. The molecule has 2 aromatic rings. The summed E-state index contributed by atoms with van der Waals surface area (Å²) in [4.78, 5) is 12.2. The third-order valence-corrected chi connectivity index (χ3v) is 3.23. The van der Waals surface area contributed by atoms with E-state index in [1.54, 1.807) is 30.6 Å². The zero-order chi connectivity index (χ0) is 17.4. The second kappa shape index (κ2) is 8.38. The second-order valence-electron chi connectivity index (χ2n) is 5.20. The molecule has 2 aromatic carbocycles. The number of hydrogen-bond acceptors (Lipinski definition) is 5. The van der Waals surface area contributed by atoms with Gasteiger partial charge in [0.05, 0.1) is 11.1 Å². The molecule has 2 rings (SSSR count). The van der Waals surface area contributed by atoms with E-state index in [2.05, 4.69) is 10.2 Å². The Morgan fingerprint density at radius 1 is 0.958 bits per heavy atom. The Labute approximate surface area is 140 Å². The molecule has 24 heavy (non-hydrogen) atoms. The maximum absolute atomic E-state index is 10.6. The van der Waals surface area contributed by atoms with Crippen LogP contribution < -0.4 is 4.90 Å². The summed E-state index contributed by atoms with van der Waals surface area (Å²) in [6.45, 7) is 0. The maximum Gasteiger partial charge on any atom is 0.269 e. The van der Waals surface area contributed by atoms with Crippen LogP contribution in [0, 0.1) is 10.1 Å². The molecule has 6 heteroatoms. The Morgan fingerprint density at radius 3 is 2.17 bits per heavy atom. The van der Waals surface area contributed by atoms with Crippen LogP contribution in [0.3, 0.4) is 0 Å². The van der Waals surface area contributed by atoms with Gasteiger partial charge in [-0.3, -0.25) is 10.1 Å². The van der Waals surface area contributed by atoms with Gasteiger partial charge in [0.25, 0.3) is 5.69 Å².